The molecule has 1 amide bonds. The predicted molar refractivity (Wildman–Crippen MR) is 121 cm³/mol. The van der Waals surface area contributed by atoms with E-state index in [-0.39, 0.29) is 29.3 Å². The number of aromatic nitrogens is 6. The summed E-state index contributed by atoms with van der Waals surface area (Å²) >= 11 is 0. The number of nitrogens with zero attached hydrogens (tertiary/aromatic N) is 5. The van der Waals surface area contributed by atoms with E-state index in [1.807, 2.05) is 6.07 Å². The maximum atomic E-state index is 14.8. The van der Waals surface area contributed by atoms with Gasteiger partial charge in [-0.25, -0.2) is 19.0 Å². The molecule has 12 heteroatoms. The number of anilines is 3. The van der Waals surface area contributed by atoms with Crippen molar-refractivity contribution in [3.05, 3.63) is 48.2 Å². The Labute approximate surface area is 187 Å². The largest absolute Gasteiger partial charge is 0.365 e. The summed E-state index contributed by atoms with van der Waals surface area (Å²) in [6, 6.07) is 4.43. The van der Waals surface area contributed by atoms with Crippen LogP contribution in [0.5, 0.6) is 0 Å². The molecule has 11 nitrogen and oxygen atoms in total. The number of aromatic amines is 1. The summed E-state index contributed by atoms with van der Waals surface area (Å²) in [5.74, 6) is -0.855. The van der Waals surface area contributed by atoms with E-state index in [0.29, 0.717) is 17.2 Å². The molecule has 0 radical (unpaired) electrons. The minimum absolute atomic E-state index is 0.0146. The molecule has 0 aliphatic heterocycles. The van der Waals surface area contributed by atoms with Gasteiger partial charge in [0.15, 0.2) is 17.5 Å². The Morgan fingerprint density at radius 1 is 1.21 bits per heavy atom. The van der Waals surface area contributed by atoms with Gasteiger partial charge in [-0.3, -0.25) is 4.79 Å². The molecule has 0 spiro atoms. The monoisotopic (exact) mass is 450 g/mol. The third-order valence-electron chi connectivity index (χ3n) is 5.81. The molecular formula is C21H23FN10O. The molecule has 5 rings (SSSR count). The maximum Gasteiger partial charge on any atom is 0.252 e. The first-order valence-electron chi connectivity index (χ1n) is 10.6. The van der Waals surface area contributed by atoms with E-state index in [1.165, 1.54) is 10.9 Å². The van der Waals surface area contributed by atoms with Gasteiger partial charge in [-0.2, -0.15) is 0 Å². The second-order valence-electron chi connectivity index (χ2n) is 8.02. The molecule has 1 fully saturated rings. The lowest BCUT2D eigenvalue weighted by molar-refractivity contribution is 0.100. The molecule has 1 unspecified atom stereocenters. The Balaban J connectivity index is 1.55. The topological polar surface area (TPSA) is 165 Å². The molecule has 4 aromatic heterocycles. The second kappa shape index (κ2) is 8.47. The van der Waals surface area contributed by atoms with Gasteiger partial charge < -0.3 is 27.1 Å². The number of pyridine rings is 2. The van der Waals surface area contributed by atoms with E-state index in [0.717, 1.165) is 37.1 Å². The maximum absolute atomic E-state index is 14.8. The number of fused-ring (bicyclic) bond motifs is 1. The van der Waals surface area contributed by atoms with Crippen molar-refractivity contribution in [3.8, 4) is 5.82 Å². The van der Waals surface area contributed by atoms with E-state index < -0.39 is 11.7 Å². The summed E-state index contributed by atoms with van der Waals surface area (Å²) in [6.45, 7) is 0. The number of halogens is 1. The number of carbonyl (C=O) groups excluding carboxylic acids is 1. The van der Waals surface area contributed by atoms with Crippen LogP contribution in [0.4, 0.5) is 21.7 Å². The zero-order chi connectivity index (χ0) is 22.9. The number of nitrogens with two attached hydrogens (primary N) is 2. The van der Waals surface area contributed by atoms with Crippen LogP contribution >= 0.6 is 0 Å². The highest BCUT2D eigenvalue weighted by Gasteiger charge is 2.25. The molecule has 33 heavy (non-hydrogen) atoms. The summed E-state index contributed by atoms with van der Waals surface area (Å²) in [7, 11) is 0. The Kier molecular flexibility index (Phi) is 5.34. The zero-order valence-corrected chi connectivity index (χ0v) is 17.6. The van der Waals surface area contributed by atoms with Crippen LogP contribution in [0.25, 0.3) is 16.9 Å². The highest BCUT2D eigenvalue weighted by atomic mass is 19.1. The average molecular weight is 450 g/mol. The molecule has 1 aliphatic rings. The van der Waals surface area contributed by atoms with Crippen molar-refractivity contribution >= 4 is 34.3 Å². The fourth-order valence-corrected chi connectivity index (χ4v) is 4.09. The number of nitrogens with one attached hydrogen (secondary N) is 3. The average Bonchev–Trinajstić information content (AvgIpc) is 3.49. The number of amides is 1. The van der Waals surface area contributed by atoms with Gasteiger partial charge in [-0.15, -0.1) is 5.10 Å². The number of primary amides is 1. The lowest BCUT2D eigenvalue weighted by Crippen LogP contribution is -2.43. The van der Waals surface area contributed by atoms with Crippen LogP contribution in [0.15, 0.2) is 36.8 Å². The summed E-state index contributed by atoms with van der Waals surface area (Å²) in [5, 5.41) is 14.8. The Hall–Kier alpha value is -4.06. The van der Waals surface area contributed by atoms with Gasteiger partial charge in [0.05, 0.1) is 23.6 Å². The molecule has 4 aromatic rings. The molecule has 0 bridgehead atoms. The van der Waals surface area contributed by atoms with Gasteiger partial charge in [0, 0.05) is 29.7 Å². The molecule has 0 saturated heterocycles. The molecule has 2 atom stereocenters. The van der Waals surface area contributed by atoms with Crippen molar-refractivity contribution in [1.29, 1.82) is 0 Å². The highest BCUT2D eigenvalue weighted by Crippen LogP contribution is 2.30. The van der Waals surface area contributed by atoms with Crippen LogP contribution in [-0.4, -0.2) is 47.9 Å². The number of H-pyrrole nitrogens is 1. The molecular weight excluding hydrogens is 427 g/mol. The van der Waals surface area contributed by atoms with E-state index in [9.17, 15) is 9.18 Å². The molecule has 1 saturated carbocycles. The SMILES string of the molecule is NC(=O)c1cc(F)c(NC2CCCC[C@@H]2N)nc1Nc1cc(-n2ccnn2)nc2[nH]ccc12. The van der Waals surface area contributed by atoms with Crippen LogP contribution in [-0.2, 0) is 0 Å². The van der Waals surface area contributed by atoms with E-state index in [4.69, 9.17) is 11.5 Å². The van der Waals surface area contributed by atoms with Crippen molar-refractivity contribution in [2.75, 3.05) is 10.6 Å². The highest BCUT2D eigenvalue weighted by molar-refractivity contribution is 6.00. The van der Waals surface area contributed by atoms with Crippen molar-refractivity contribution in [2.24, 2.45) is 11.5 Å². The predicted octanol–water partition coefficient (Wildman–Crippen LogP) is 2.20. The second-order valence-corrected chi connectivity index (χ2v) is 8.02. The van der Waals surface area contributed by atoms with Crippen LogP contribution < -0.4 is 22.1 Å². The fourth-order valence-electron chi connectivity index (χ4n) is 4.09. The third-order valence-corrected chi connectivity index (χ3v) is 5.81. The van der Waals surface area contributed by atoms with E-state index in [2.05, 4.69) is 35.9 Å². The summed E-state index contributed by atoms with van der Waals surface area (Å²) in [6.07, 6.45) is 8.65. The van der Waals surface area contributed by atoms with Gasteiger partial charge in [0.1, 0.15) is 11.5 Å². The quantitative estimate of drug-likeness (QED) is 0.298. The smallest absolute Gasteiger partial charge is 0.252 e. The van der Waals surface area contributed by atoms with Gasteiger partial charge in [0.2, 0.25) is 0 Å². The van der Waals surface area contributed by atoms with Crippen molar-refractivity contribution in [1.82, 2.24) is 29.9 Å². The van der Waals surface area contributed by atoms with Crippen molar-refractivity contribution in [3.63, 3.8) is 0 Å². The number of carbonyl (C=O) groups is 1. The first-order chi connectivity index (χ1) is 16.0. The molecule has 7 N–H and O–H groups in total. The number of rotatable bonds is 6. The minimum atomic E-state index is -0.805. The first kappa shape index (κ1) is 20.8. The van der Waals surface area contributed by atoms with Crippen LogP contribution in [0.2, 0.25) is 0 Å². The number of hydrogen-bond donors (Lipinski definition) is 5. The Morgan fingerprint density at radius 3 is 2.82 bits per heavy atom. The standard InChI is InChI=1S/C21H23FN10O/c22-13-9-12(18(24)33)20(30-21(13)27-15-4-2-1-3-14(15)23)28-16-10-17(32-8-7-26-31-32)29-19-11(16)5-6-25-19/h5-10,14-15H,1-4,23H2,(H2,24,33)(H3,25,27,28,29,30)/t14-,15?/m0/s1. The lowest BCUT2D eigenvalue weighted by Gasteiger charge is -2.30. The third kappa shape index (κ3) is 4.07. The van der Waals surface area contributed by atoms with Crippen LogP contribution in [0.3, 0.4) is 0 Å². The van der Waals surface area contributed by atoms with Crippen molar-refractivity contribution < 1.29 is 9.18 Å². The van der Waals surface area contributed by atoms with Gasteiger partial charge in [-0.05, 0) is 25.0 Å². The number of hydrogen-bond acceptors (Lipinski definition) is 8. The minimum Gasteiger partial charge on any atom is -0.365 e. The van der Waals surface area contributed by atoms with Gasteiger partial charge in [0.25, 0.3) is 5.91 Å². The van der Waals surface area contributed by atoms with Gasteiger partial charge in [-0.1, -0.05) is 18.1 Å². The molecule has 1 aliphatic carbocycles. The van der Waals surface area contributed by atoms with Crippen molar-refractivity contribution in [2.45, 2.75) is 37.8 Å². The normalized spacial score (nSPS) is 18.4. The zero-order valence-electron chi connectivity index (χ0n) is 17.6. The molecule has 170 valence electrons. The molecule has 4 heterocycles. The summed E-state index contributed by atoms with van der Waals surface area (Å²) in [5.41, 5.74) is 12.8. The van der Waals surface area contributed by atoms with Gasteiger partial charge >= 0.3 is 0 Å². The first-order valence-corrected chi connectivity index (χ1v) is 10.6. The Bertz CT molecular complexity index is 1300. The molecule has 0 aromatic carbocycles. The Morgan fingerprint density at radius 2 is 2.06 bits per heavy atom. The summed E-state index contributed by atoms with van der Waals surface area (Å²) in [4.78, 5) is 24.0. The fraction of sp³-hybridized carbons (Fsp3) is 0.286. The lowest BCUT2D eigenvalue weighted by atomic mass is 9.91. The van der Waals surface area contributed by atoms with Crippen LogP contribution in [0.1, 0.15) is 36.0 Å². The van der Waals surface area contributed by atoms with Crippen LogP contribution in [0, 0.1) is 5.82 Å². The van der Waals surface area contributed by atoms with E-state index in [1.54, 1.807) is 18.5 Å². The summed E-state index contributed by atoms with van der Waals surface area (Å²) < 4.78 is 16.3. The van der Waals surface area contributed by atoms with E-state index >= 15 is 0 Å².